The summed E-state index contributed by atoms with van der Waals surface area (Å²) >= 11 is 6.44. The fraction of sp³-hybridized carbons (Fsp3) is 0.435. The average molecular weight is 429 g/mol. The second-order valence-corrected chi connectivity index (χ2v) is 8.04. The molecule has 0 radical (unpaired) electrons. The maximum Gasteiger partial charge on any atom is 0.256 e. The van der Waals surface area contributed by atoms with Gasteiger partial charge in [-0.25, -0.2) is 0 Å². The third kappa shape index (κ3) is 4.93. The zero-order chi connectivity index (χ0) is 21.7. The number of nitrogens with zero attached hydrogens (tertiary/aromatic N) is 3. The molecule has 1 saturated heterocycles. The van der Waals surface area contributed by atoms with Crippen LogP contribution in [0.25, 0.3) is 6.08 Å². The molecule has 1 aromatic carbocycles. The largest absolute Gasteiger partial charge is 0.339 e. The molecule has 2 aromatic rings. The van der Waals surface area contributed by atoms with Crippen LogP contribution >= 0.6 is 11.6 Å². The van der Waals surface area contributed by atoms with E-state index in [0.29, 0.717) is 16.4 Å². The van der Waals surface area contributed by atoms with Crippen molar-refractivity contribution in [2.45, 2.75) is 53.0 Å². The number of likely N-dealkylation sites (tertiary alicyclic amines) is 1. The zero-order valence-electron chi connectivity index (χ0n) is 17.9. The third-order valence-corrected chi connectivity index (χ3v) is 5.77. The van der Waals surface area contributed by atoms with Crippen LogP contribution in [0, 0.1) is 13.8 Å². The van der Waals surface area contributed by atoms with Crippen molar-refractivity contribution in [1.29, 1.82) is 0 Å². The van der Waals surface area contributed by atoms with Gasteiger partial charge in [-0.1, -0.05) is 37.1 Å². The van der Waals surface area contributed by atoms with Crippen LogP contribution in [0.1, 0.15) is 59.8 Å². The topological polar surface area (TPSA) is 67.2 Å². The molecule has 1 aliphatic rings. The van der Waals surface area contributed by atoms with Gasteiger partial charge >= 0.3 is 0 Å². The van der Waals surface area contributed by atoms with Gasteiger partial charge in [0.05, 0.1) is 16.9 Å². The molecule has 2 heterocycles. The van der Waals surface area contributed by atoms with Gasteiger partial charge in [-0.15, -0.1) is 0 Å². The molecule has 0 unspecified atom stereocenters. The minimum atomic E-state index is -0.312. The summed E-state index contributed by atoms with van der Waals surface area (Å²) in [5.74, 6) is -0.339. The first-order valence-corrected chi connectivity index (χ1v) is 10.9. The molecule has 1 fully saturated rings. The number of benzene rings is 1. The number of rotatable bonds is 7. The second-order valence-electron chi connectivity index (χ2n) is 7.69. The monoisotopic (exact) mass is 428 g/mol. The van der Waals surface area contributed by atoms with E-state index < -0.39 is 0 Å². The first-order chi connectivity index (χ1) is 14.4. The molecule has 1 N–H and O–H groups in total. The zero-order valence-corrected chi connectivity index (χ0v) is 18.6. The predicted molar refractivity (Wildman–Crippen MR) is 121 cm³/mol. The summed E-state index contributed by atoms with van der Waals surface area (Å²) in [5, 5.41) is 7.85. The Labute approximate surface area is 182 Å². The maximum absolute atomic E-state index is 13.0. The molecule has 0 aliphatic carbocycles. The number of aryl methyl sites for hydroxylation is 3. The highest BCUT2D eigenvalue weighted by molar-refractivity contribution is 6.31. The smallest absolute Gasteiger partial charge is 0.256 e. The lowest BCUT2D eigenvalue weighted by atomic mass is 10.0. The molecule has 0 spiro atoms. The van der Waals surface area contributed by atoms with Crippen LogP contribution in [0.4, 0.5) is 5.69 Å². The molecule has 1 aliphatic heterocycles. The van der Waals surface area contributed by atoms with Crippen molar-refractivity contribution in [2.75, 3.05) is 18.4 Å². The summed E-state index contributed by atoms with van der Waals surface area (Å²) in [6.07, 6.45) is 7.21. The Balaban J connectivity index is 1.76. The number of unbranched alkanes of at least 4 members (excludes halogenated alkanes) is 1. The average Bonchev–Trinajstić information content (AvgIpc) is 3.33. The Morgan fingerprint density at radius 1 is 1.23 bits per heavy atom. The van der Waals surface area contributed by atoms with Crippen LogP contribution in [0.3, 0.4) is 0 Å². The summed E-state index contributed by atoms with van der Waals surface area (Å²) in [6.45, 7) is 8.16. The molecular formula is C23H29ClN4O2. The summed E-state index contributed by atoms with van der Waals surface area (Å²) < 4.78 is 1.77. The van der Waals surface area contributed by atoms with Crippen molar-refractivity contribution in [3.05, 3.63) is 51.8 Å². The highest BCUT2D eigenvalue weighted by Gasteiger charge is 2.23. The van der Waals surface area contributed by atoms with E-state index in [1.165, 1.54) is 6.08 Å². The van der Waals surface area contributed by atoms with E-state index in [0.717, 1.165) is 62.1 Å². The van der Waals surface area contributed by atoms with Crippen molar-refractivity contribution in [2.24, 2.45) is 0 Å². The maximum atomic E-state index is 13.0. The molecular weight excluding hydrogens is 400 g/mol. The lowest BCUT2D eigenvalue weighted by molar-refractivity contribution is -0.111. The third-order valence-electron chi connectivity index (χ3n) is 5.37. The summed E-state index contributed by atoms with van der Waals surface area (Å²) in [7, 11) is 0. The normalized spacial score (nSPS) is 13.9. The van der Waals surface area contributed by atoms with E-state index in [1.54, 1.807) is 16.8 Å². The SMILES string of the molecule is CCCCn1nc(C)c(/C=C/C(=O)Nc2cccc(C)c2C(=O)N2CCCC2)c1Cl. The Morgan fingerprint density at radius 2 is 1.97 bits per heavy atom. The minimum absolute atomic E-state index is 0.0269. The van der Waals surface area contributed by atoms with Gasteiger partial charge in [0.2, 0.25) is 5.91 Å². The number of carbonyl (C=O) groups excluding carboxylic acids is 2. The number of halogens is 1. The molecule has 7 heteroatoms. The van der Waals surface area contributed by atoms with E-state index >= 15 is 0 Å². The first kappa shape index (κ1) is 22.1. The van der Waals surface area contributed by atoms with Gasteiger partial charge in [-0.2, -0.15) is 5.10 Å². The van der Waals surface area contributed by atoms with Gasteiger partial charge in [-0.05, 0) is 50.8 Å². The standard InChI is InChI=1S/C23H29ClN4O2/c1-4-5-15-28-22(24)18(17(3)26-28)11-12-20(29)25-19-10-8-9-16(2)21(19)23(30)27-13-6-7-14-27/h8-12H,4-7,13-15H2,1-3H3,(H,25,29)/b12-11+. The van der Waals surface area contributed by atoms with Crippen LogP contribution in [-0.4, -0.2) is 39.6 Å². The van der Waals surface area contributed by atoms with E-state index in [9.17, 15) is 9.59 Å². The molecule has 1 aromatic heterocycles. The number of anilines is 1. The Hall–Kier alpha value is -2.60. The fourth-order valence-corrected chi connectivity index (χ4v) is 4.00. The lowest BCUT2D eigenvalue weighted by Gasteiger charge is -2.19. The Bertz CT molecular complexity index is 958. The van der Waals surface area contributed by atoms with Crippen LogP contribution in [0.2, 0.25) is 5.15 Å². The summed E-state index contributed by atoms with van der Waals surface area (Å²) in [4.78, 5) is 27.4. The second kappa shape index (κ2) is 9.94. The number of carbonyl (C=O) groups is 2. The van der Waals surface area contributed by atoms with Gasteiger partial charge in [-0.3, -0.25) is 14.3 Å². The van der Waals surface area contributed by atoms with E-state index in [1.807, 2.05) is 30.9 Å². The molecule has 2 amide bonds. The van der Waals surface area contributed by atoms with Crippen molar-refractivity contribution in [3.63, 3.8) is 0 Å². The summed E-state index contributed by atoms with van der Waals surface area (Å²) in [6, 6.07) is 5.50. The van der Waals surface area contributed by atoms with Gasteiger partial charge in [0.25, 0.3) is 5.91 Å². The van der Waals surface area contributed by atoms with Crippen LogP contribution in [0.15, 0.2) is 24.3 Å². The van der Waals surface area contributed by atoms with Crippen LogP contribution in [0.5, 0.6) is 0 Å². The van der Waals surface area contributed by atoms with E-state index in [4.69, 9.17) is 11.6 Å². The van der Waals surface area contributed by atoms with Crippen LogP contribution in [-0.2, 0) is 11.3 Å². The van der Waals surface area contributed by atoms with Gasteiger partial charge in [0.15, 0.2) is 0 Å². The molecule has 0 saturated carbocycles. The van der Waals surface area contributed by atoms with Gasteiger partial charge in [0, 0.05) is 31.3 Å². The Kier molecular flexibility index (Phi) is 7.32. The van der Waals surface area contributed by atoms with Crippen LogP contribution < -0.4 is 5.32 Å². The van der Waals surface area contributed by atoms with Crippen molar-refractivity contribution >= 4 is 35.2 Å². The molecule has 30 heavy (non-hydrogen) atoms. The summed E-state index contributed by atoms with van der Waals surface area (Å²) in [5.41, 5.74) is 3.46. The molecule has 160 valence electrons. The minimum Gasteiger partial charge on any atom is -0.339 e. The lowest BCUT2D eigenvalue weighted by Crippen LogP contribution is -2.29. The fourth-order valence-electron chi connectivity index (χ4n) is 3.68. The number of amides is 2. The molecule has 0 atom stereocenters. The molecule has 6 nitrogen and oxygen atoms in total. The van der Waals surface area contributed by atoms with E-state index in [-0.39, 0.29) is 11.8 Å². The van der Waals surface area contributed by atoms with Crippen molar-refractivity contribution < 1.29 is 9.59 Å². The molecule has 3 rings (SSSR count). The predicted octanol–water partition coefficient (Wildman–Crippen LogP) is 4.84. The number of hydrogen-bond acceptors (Lipinski definition) is 3. The first-order valence-electron chi connectivity index (χ1n) is 10.5. The highest BCUT2D eigenvalue weighted by Crippen LogP contribution is 2.25. The number of nitrogens with one attached hydrogen (secondary N) is 1. The highest BCUT2D eigenvalue weighted by atomic mass is 35.5. The number of hydrogen-bond donors (Lipinski definition) is 1. The van der Waals surface area contributed by atoms with Gasteiger partial charge in [0.1, 0.15) is 5.15 Å². The van der Waals surface area contributed by atoms with Gasteiger partial charge < -0.3 is 10.2 Å². The number of aromatic nitrogens is 2. The Morgan fingerprint density at radius 3 is 2.67 bits per heavy atom. The van der Waals surface area contributed by atoms with Crippen molar-refractivity contribution in [3.8, 4) is 0 Å². The van der Waals surface area contributed by atoms with E-state index in [2.05, 4.69) is 17.3 Å². The molecule has 0 bridgehead atoms. The quantitative estimate of drug-likeness (QED) is 0.641. The van der Waals surface area contributed by atoms with Crippen molar-refractivity contribution in [1.82, 2.24) is 14.7 Å².